The number of carbonyl (C=O) groups is 1. The van der Waals surface area contributed by atoms with Gasteiger partial charge in [-0.3, -0.25) is 9.69 Å². The molecule has 1 atom stereocenters. The van der Waals surface area contributed by atoms with Gasteiger partial charge in [0, 0.05) is 36.8 Å². The van der Waals surface area contributed by atoms with Crippen molar-refractivity contribution in [2.24, 2.45) is 0 Å². The van der Waals surface area contributed by atoms with Crippen LogP contribution in [0.3, 0.4) is 0 Å². The van der Waals surface area contributed by atoms with Gasteiger partial charge in [-0.2, -0.15) is 4.31 Å². The normalized spacial score (nSPS) is 16.6. The summed E-state index contributed by atoms with van der Waals surface area (Å²) in [4.78, 5) is 22.4. The maximum Gasteiger partial charge on any atom is 0.260 e. The summed E-state index contributed by atoms with van der Waals surface area (Å²) in [6.07, 6.45) is 3.51. The lowest BCUT2D eigenvalue weighted by molar-refractivity contribution is 0.0986. The Bertz CT molecular complexity index is 1330. The molecule has 206 valence electrons. The van der Waals surface area contributed by atoms with Crippen LogP contribution in [-0.2, 0) is 10.0 Å². The summed E-state index contributed by atoms with van der Waals surface area (Å²) in [5.74, 6) is 0.944. The molecular formula is C27H36N4O5S2. The molecule has 1 unspecified atom stereocenters. The van der Waals surface area contributed by atoms with Gasteiger partial charge in [0.05, 0.1) is 29.3 Å². The van der Waals surface area contributed by atoms with E-state index < -0.39 is 10.0 Å². The molecule has 0 saturated carbocycles. The monoisotopic (exact) mass is 560 g/mol. The smallest absolute Gasteiger partial charge is 0.260 e. The molecule has 0 radical (unpaired) electrons. The highest BCUT2D eigenvalue weighted by Crippen LogP contribution is 2.37. The van der Waals surface area contributed by atoms with Gasteiger partial charge in [-0.05, 0) is 71.1 Å². The van der Waals surface area contributed by atoms with Crippen LogP contribution >= 0.6 is 11.3 Å². The minimum absolute atomic E-state index is 0.0291. The van der Waals surface area contributed by atoms with E-state index in [0.29, 0.717) is 40.8 Å². The van der Waals surface area contributed by atoms with Crippen LogP contribution in [0.4, 0.5) is 5.13 Å². The Labute approximate surface area is 229 Å². The number of ether oxygens (including phenoxy) is 2. The fourth-order valence-electron chi connectivity index (χ4n) is 4.68. The molecule has 3 aromatic rings. The number of nitrogens with zero attached hydrogens (tertiary/aromatic N) is 4. The third-order valence-corrected chi connectivity index (χ3v) is 9.86. The number of piperidine rings is 1. The quantitative estimate of drug-likeness (QED) is 0.361. The maximum absolute atomic E-state index is 13.7. The largest absolute Gasteiger partial charge is 0.493 e. The summed E-state index contributed by atoms with van der Waals surface area (Å²) in [5.41, 5.74) is 1.13. The molecule has 4 rings (SSSR count). The van der Waals surface area contributed by atoms with Crippen molar-refractivity contribution < 1.29 is 22.7 Å². The van der Waals surface area contributed by atoms with E-state index in [4.69, 9.17) is 14.5 Å². The number of rotatable bonds is 10. The topological polar surface area (TPSA) is 92.3 Å². The van der Waals surface area contributed by atoms with Crippen LogP contribution in [0.5, 0.6) is 11.5 Å². The van der Waals surface area contributed by atoms with E-state index in [1.807, 2.05) is 27.1 Å². The summed E-state index contributed by atoms with van der Waals surface area (Å²) in [7, 11) is 3.53. The summed E-state index contributed by atoms with van der Waals surface area (Å²) in [6, 6.07) is 9.91. The molecule has 1 saturated heterocycles. The first kappa shape index (κ1) is 28.3. The van der Waals surface area contributed by atoms with Crippen molar-refractivity contribution in [1.29, 1.82) is 0 Å². The Morgan fingerprint density at radius 3 is 2.39 bits per heavy atom. The summed E-state index contributed by atoms with van der Waals surface area (Å²) < 4.78 is 39.8. The van der Waals surface area contributed by atoms with Crippen molar-refractivity contribution in [2.75, 3.05) is 52.8 Å². The lowest BCUT2D eigenvalue weighted by atomic mass is 10.1. The third kappa shape index (κ3) is 5.96. The number of fused-ring (bicyclic) bond motifs is 1. The molecule has 0 N–H and O–H groups in total. The van der Waals surface area contributed by atoms with Crippen LogP contribution in [-0.4, -0.2) is 82.5 Å². The first-order chi connectivity index (χ1) is 18.1. The Morgan fingerprint density at radius 1 is 1.08 bits per heavy atom. The van der Waals surface area contributed by atoms with Crippen molar-refractivity contribution in [3.8, 4) is 11.5 Å². The third-order valence-electron chi connectivity index (χ3n) is 6.80. The van der Waals surface area contributed by atoms with E-state index in [1.165, 1.54) is 23.5 Å². The van der Waals surface area contributed by atoms with E-state index in [-0.39, 0.29) is 16.8 Å². The van der Waals surface area contributed by atoms with Crippen LogP contribution in [0, 0.1) is 0 Å². The van der Waals surface area contributed by atoms with Crippen molar-refractivity contribution in [2.45, 2.75) is 43.5 Å². The number of benzene rings is 2. The van der Waals surface area contributed by atoms with Crippen LogP contribution in [0.25, 0.3) is 10.2 Å². The van der Waals surface area contributed by atoms with Gasteiger partial charge in [0.25, 0.3) is 5.91 Å². The number of thiazole rings is 1. The molecule has 0 spiro atoms. The van der Waals surface area contributed by atoms with Crippen LogP contribution in [0.1, 0.15) is 43.0 Å². The van der Waals surface area contributed by atoms with E-state index >= 15 is 0 Å². The molecule has 1 fully saturated rings. The second-order valence-electron chi connectivity index (χ2n) is 9.77. The number of methoxy groups -OCH3 is 2. The van der Waals surface area contributed by atoms with Crippen LogP contribution < -0.4 is 14.4 Å². The van der Waals surface area contributed by atoms with Gasteiger partial charge in [-0.1, -0.05) is 17.8 Å². The molecule has 2 heterocycles. The van der Waals surface area contributed by atoms with Crippen LogP contribution in [0.15, 0.2) is 41.3 Å². The van der Waals surface area contributed by atoms with Gasteiger partial charge < -0.3 is 14.4 Å². The molecule has 0 bridgehead atoms. The molecule has 9 nitrogen and oxygen atoms in total. The first-order valence-corrected chi connectivity index (χ1v) is 15.0. The zero-order chi connectivity index (χ0) is 27.4. The minimum atomic E-state index is -3.61. The molecule has 2 aromatic carbocycles. The molecule has 38 heavy (non-hydrogen) atoms. The summed E-state index contributed by atoms with van der Waals surface area (Å²) >= 11 is 1.40. The summed E-state index contributed by atoms with van der Waals surface area (Å²) in [6.45, 7) is 3.75. The van der Waals surface area contributed by atoms with E-state index in [9.17, 15) is 13.2 Å². The van der Waals surface area contributed by atoms with Gasteiger partial charge in [-0.25, -0.2) is 13.4 Å². The minimum Gasteiger partial charge on any atom is -0.493 e. The standard InChI is InChI=1S/C27H36N4O5S2/c1-19-9-6-7-16-31(19)38(33,34)21-12-10-20(11-13-21)26(32)30(15-8-14-29(2)3)27-28-22-17-23(35-4)24(36-5)18-25(22)37-27/h10-13,17-19H,6-9,14-16H2,1-5H3. The van der Waals surface area contributed by atoms with Gasteiger partial charge >= 0.3 is 0 Å². The van der Waals surface area contributed by atoms with Crippen molar-refractivity contribution in [3.63, 3.8) is 0 Å². The highest BCUT2D eigenvalue weighted by Gasteiger charge is 2.31. The molecule has 1 aliphatic heterocycles. The van der Waals surface area contributed by atoms with Crippen molar-refractivity contribution in [3.05, 3.63) is 42.0 Å². The molecule has 11 heteroatoms. The molecular weight excluding hydrogens is 524 g/mol. The van der Waals surface area contributed by atoms with Gasteiger partial charge in [-0.15, -0.1) is 0 Å². The Kier molecular flexibility index (Phi) is 8.92. The fraction of sp³-hybridized carbons (Fsp3) is 0.481. The van der Waals surface area contributed by atoms with Gasteiger partial charge in [0.15, 0.2) is 16.6 Å². The number of aromatic nitrogens is 1. The zero-order valence-corrected chi connectivity index (χ0v) is 24.3. The zero-order valence-electron chi connectivity index (χ0n) is 22.6. The second-order valence-corrected chi connectivity index (χ2v) is 12.7. The van der Waals surface area contributed by atoms with Crippen molar-refractivity contribution >= 4 is 42.6 Å². The number of amides is 1. The van der Waals surface area contributed by atoms with Crippen LogP contribution in [0.2, 0.25) is 0 Å². The van der Waals surface area contributed by atoms with E-state index in [2.05, 4.69) is 4.90 Å². The van der Waals surface area contributed by atoms with E-state index in [0.717, 1.165) is 36.9 Å². The number of anilines is 1. The number of hydrogen-bond donors (Lipinski definition) is 0. The maximum atomic E-state index is 13.7. The highest BCUT2D eigenvalue weighted by molar-refractivity contribution is 7.89. The van der Waals surface area contributed by atoms with Gasteiger partial charge in [0.2, 0.25) is 10.0 Å². The molecule has 0 aliphatic carbocycles. The average Bonchev–Trinajstić information content (AvgIpc) is 3.32. The van der Waals surface area contributed by atoms with E-state index in [1.54, 1.807) is 41.6 Å². The predicted molar refractivity (Wildman–Crippen MR) is 151 cm³/mol. The Morgan fingerprint density at radius 2 is 1.76 bits per heavy atom. The fourth-order valence-corrected chi connectivity index (χ4v) is 7.38. The Balaban J connectivity index is 1.64. The number of carbonyl (C=O) groups excluding carboxylic acids is 1. The molecule has 1 aliphatic rings. The van der Waals surface area contributed by atoms with Crippen molar-refractivity contribution in [1.82, 2.24) is 14.2 Å². The predicted octanol–water partition coefficient (Wildman–Crippen LogP) is 4.48. The molecule has 1 amide bonds. The number of hydrogen-bond acceptors (Lipinski definition) is 8. The van der Waals surface area contributed by atoms with Gasteiger partial charge in [0.1, 0.15) is 0 Å². The SMILES string of the molecule is COc1cc2nc(N(CCCN(C)C)C(=O)c3ccc(S(=O)(=O)N4CCCCC4C)cc3)sc2cc1OC. The number of sulfonamides is 1. The lowest BCUT2D eigenvalue weighted by Gasteiger charge is -2.32. The highest BCUT2D eigenvalue weighted by atomic mass is 32.2. The molecule has 1 aromatic heterocycles. The Hall–Kier alpha value is -2.73. The second kappa shape index (κ2) is 12.0. The lowest BCUT2D eigenvalue weighted by Crippen LogP contribution is -2.41. The first-order valence-electron chi connectivity index (χ1n) is 12.8. The average molecular weight is 561 g/mol. The summed E-state index contributed by atoms with van der Waals surface area (Å²) in [5, 5.41) is 0.568.